The van der Waals surface area contributed by atoms with Crippen molar-refractivity contribution in [1.29, 1.82) is 0 Å². The first-order valence-corrected chi connectivity index (χ1v) is 10.4. The van der Waals surface area contributed by atoms with E-state index in [2.05, 4.69) is 40.0 Å². The van der Waals surface area contributed by atoms with Crippen LogP contribution in [-0.2, 0) is 9.47 Å². The van der Waals surface area contributed by atoms with Crippen LogP contribution in [0.3, 0.4) is 0 Å². The van der Waals surface area contributed by atoms with Crippen molar-refractivity contribution in [1.82, 2.24) is 30.6 Å². The molecule has 32 heavy (non-hydrogen) atoms. The average Bonchev–Trinajstić information content (AvgIpc) is 2.89. The van der Waals surface area contributed by atoms with Gasteiger partial charge in [0.15, 0.2) is 11.4 Å². The SMILES string of the molecule is COC(=O)c1ccnc(N2CCNCC2)n1.COC(=O)c1ccnc(N2CCNCC2)n1. The van der Waals surface area contributed by atoms with E-state index in [1.165, 1.54) is 14.2 Å². The van der Waals surface area contributed by atoms with Crippen molar-refractivity contribution in [2.75, 3.05) is 76.4 Å². The van der Waals surface area contributed by atoms with Crippen LogP contribution >= 0.6 is 0 Å². The van der Waals surface area contributed by atoms with Gasteiger partial charge in [0.1, 0.15) is 0 Å². The van der Waals surface area contributed by atoms with E-state index in [9.17, 15) is 9.59 Å². The summed E-state index contributed by atoms with van der Waals surface area (Å²) < 4.78 is 9.24. The lowest BCUT2D eigenvalue weighted by Crippen LogP contribution is -2.44. The van der Waals surface area contributed by atoms with Gasteiger partial charge < -0.3 is 29.9 Å². The number of hydrogen-bond donors (Lipinski definition) is 2. The van der Waals surface area contributed by atoms with Gasteiger partial charge in [0.2, 0.25) is 11.9 Å². The lowest BCUT2D eigenvalue weighted by molar-refractivity contribution is 0.0585. The second-order valence-corrected chi connectivity index (χ2v) is 6.94. The standard InChI is InChI=1S/2C10H14N4O2/c2*1-16-9(15)8-2-3-12-10(13-8)14-6-4-11-5-7-14/h2*2-3,11H,4-7H2,1H3. The summed E-state index contributed by atoms with van der Waals surface area (Å²) in [5, 5.41) is 6.49. The van der Waals surface area contributed by atoms with Crippen LogP contribution in [0.25, 0.3) is 0 Å². The molecule has 2 N–H and O–H groups in total. The van der Waals surface area contributed by atoms with Crippen molar-refractivity contribution in [3.05, 3.63) is 35.9 Å². The van der Waals surface area contributed by atoms with Crippen LogP contribution in [0.1, 0.15) is 21.0 Å². The van der Waals surface area contributed by atoms with Gasteiger partial charge in [0.05, 0.1) is 14.2 Å². The first kappa shape index (κ1) is 23.3. The molecule has 4 rings (SSSR count). The predicted octanol–water partition coefficient (Wildman–Crippen LogP) is -0.654. The Hall–Kier alpha value is -3.38. The molecule has 2 fully saturated rings. The number of aromatic nitrogens is 4. The van der Waals surface area contributed by atoms with Crippen LogP contribution < -0.4 is 20.4 Å². The van der Waals surface area contributed by atoms with Gasteiger partial charge in [-0.1, -0.05) is 0 Å². The quantitative estimate of drug-likeness (QED) is 0.580. The van der Waals surface area contributed by atoms with Crippen LogP contribution in [0.2, 0.25) is 0 Å². The monoisotopic (exact) mass is 444 g/mol. The summed E-state index contributed by atoms with van der Waals surface area (Å²) in [6.45, 7) is 7.04. The molecule has 0 saturated carbocycles. The van der Waals surface area contributed by atoms with Gasteiger partial charge in [-0.05, 0) is 12.1 Å². The highest BCUT2D eigenvalue weighted by molar-refractivity contribution is 5.87. The molecule has 0 bridgehead atoms. The summed E-state index contributed by atoms with van der Waals surface area (Å²) in [6, 6.07) is 3.11. The first-order valence-electron chi connectivity index (χ1n) is 10.4. The fraction of sp³-hybridized carbons (Fsp3) is 0.500. The summed E-state index contributed by atoms with van der Waals surface area (Å²) in [4.78, 5) is 43.4. The van der Waals surface area contributed by atoms with E-state index < -0.39 is 11.9 Å². The molecule has 0 spiro atoms. The number of esters is 2. The summed E-state index contributed by atoms with van der Waals surface area (Å²) in [5.74, 6) is 0.311. The molecule has 12 heteroatoms. The van der Waals surface area contributed by atoms with Gasteiger partial charge in [0, 0.05) is 64.8 Å². The summed E-state index contributed by atoms with van der Waals surface area (Å²) in [6.07, 6.45) is 3.16. The van der Waals surface area contributed by atoms with E-state index in [-0.39, 0.29) is 0 Å². The van der Waals surface area contributed by atoms with Crippen LogP contribution in [-0.4, -0.2) is 98.5 Å². The molecule has 12 nitrogen and oxygen atoms in total. The minimum atomic E-state index is -0.432. The van der Waals surface area contributed by atoms with Crippen LogP contribution in [0.5, 0.6) is 0 Å². The van der Waals surface area contributed by atoms with E-state index in [4.69, 9.17) is 0 Å². The highest BCUT2D eigenvalue weighted by Gasteiger charge is 2.16. The molecule has 2 aliphatic heterocycles. The molecule has 172 valence electrons. The lowest BCUT2D eigenvalue weighted by Gasteiger charge is -2.27. The Labute approximate surface area is 186 Å². The minimum Gasteiger partial charge on any atom is -0.464 e. The zero-order chi connectivity index (χ0) is 22.8. The summed E-state index contributed by atoms with van der Waals surface area (Å²) in [7, 11) is 2.68. The Morgan fingerprint density at radius 3 is 1.47 bits per heavy atom. The fourth-order valence-electron chi connectivity index (χ4n) is 3.17. The highest BCUT2D eigenvalue weighted by atomic mass is 16.5. The second-order valence-electron chi connectivity index (χ2n) is 6.94. The number of nitrogens with zero attached hydrogens (tertiary/aromatic N) is 6. The molecular formula is C20H28N8O4. The van der Waals surface area contributed by atoms with Crippen LogP contribution in [0, 0.1) is 0 Å². The van der Waals surface area contributed by atoms with Gasteiger partial charge >= 0.3 is 11.9 Å². The first-order chi connectivity index (χ1) is 15.6. The Morgan fingerprint density at radius 2 is 1.12 bits per heavy atom. The third-order valence-electron chi connectivity index (χ3n) is 4.87. The average molecular weight is 444 g/mol. The number of nitrogens with one attached hydrogen (secondary N) is 2. The van der Waals surface area contributed by atoms with Gasteiger partial charge in [-0.25, -0.2) is 29.5 Å². The highest BCUT2D eigenvalue weighted by Crippen LogP contribution is 2.10. The number of methoxy groups -OCH3 is 2. The Kier molecular flexibility index (Phi) is 8.63. The molecule has 0 atom stereocenters. The van der Waals surface area contributed by atoms with Crippen molar-refractivity contribution in [2.45, 2.75) is 0 Å². The Bertz CT molecular complexity index is 827. The maximum absolute atomic E-state index is 11.3. The molecule has 2 aromatic heterocycles. The van der Waals surface area contributed by atoms with E-state index in [0.29, 0.717) is 23.3 Å². The van der Waals surface area contributed by atoms with Gasteiger partial charge in [-0.2, -0.15) is 0 Å². The molecule has 2 saturated heterocycles. The fourth-order valence-corrected chi connectivity index (χ4v) is 3.17. The molecule has 0 radical (unpaired) electrons. The normalized spacial score (nSPS) is 15.9. The topological polar surface area (TPSA) is 135 Å². The van der Waals surface area contributed by atoms with Crippen molar-refractivity contribution < 1.29 is 19.1 Å². The van der Waals surface area contributed by atoms with Crippen molar-refractivity contribution in [2.24, 2.45) is 0 Å². The number of carbonyl (C=O) groups is 2. The summed E-state index contributed by atoms with van der Waals surface area (Å²) in [5.41, 5.74) is 0.595. The van der Waals surface area contributed by atoms with Crippen molar-refractivity contribution in [3.63, 3.8) is 0 Å². The lowest BCUT2D eigenvalue weighted by atomic mass is 10.4. The molecule has 0 aromatic carbocycles. The van der Waals surface area contributed by atoms with Gasteiger partial charge in [-0.15, -0.1) is 0 Å². The van der Waals surface area contributed by atoms with E-state index in [1.54, 1.807) is 24.5 Å². The smallest absolute Gasteiger partial charge is 0.356 e. The molecule has 0 unspecified atom stereocenters. The van der Waals surface area contributed by atoms with Crippen LogP contribution in [0.4, 0.5) is 11.9 Å². The van der Waals surface area contributed by atoms with Gasteiger partial charge in [0.25, 0.3) is 0 Å². The number of anilines is 2. The number of ether oxygens (including phenoxy) is 2. The van der Waals surface area contributed by atoms with Crippen LogP contribution in [0.15, 0.2) is 24.5 Å². The second kappa shape index (κ2) is 11.9. The number of rotatable bonds is 4. The molecule has 2 aliphatic rings. The third kappa shape index (κ3) is 6.31. The van der Waals surface area contributed by atoms with Crippen molar-refractivity contribution >= 4 is 23.8 Å². The number of piperazine rings is 2. The molecule has 0 amide bonds. The zero-order valence-corrected chi connectivity index (χ0v) is 18.3. The Morgan fingerprint density at radius 1 is 0.750 bits per heavy atom. The maximum atomic E-state index is 11.3. The third-order valence-corrected chi connectivity index (χ3v) is 4.87. The molecule has 4 heterocycles. The van der Waals surface area contributed by atoms with Gasteiger partial charge in [-0.3, -0.25) is 0 Å². The largest absolute Gasteiger partial charge is 0.464 e. The molecule has 0 aliphatic carbocycles. The summed E-state index contributed by atoms with van der Waals surface area (Å²) >= 11 is 0. The number of hydrogen-bond acceptors (Lipinski definition) is 12. The van der Waals surface area contributed by atoms with Crippen molar-refractivity contribution in [3.8, 4) is 0 Å². The van der Waals surface area contributed by atoms with E-state index >= 15 is 0 Å². The molecular weight excluding hydrogens is 416 g/mol. The Balaban J connectivity index is 0.000000181. The number of carbonyl (C=O) groups excluding carboxylic acids is 2. The van der Waals surface area contributed by atoms with E-state index in [1.807, 2.05) is 9.80 Å². The predicted molar refractivity (Wildman–Crippen MR) is 117 cm³/mol. The zero-order valence-electron chi connectivity index (χ0n) is 18.3. The minimum absolute atomic E-state index is 0.297. The maximum Gasteiger partial charge on any atom is 0.356 e. The van der Waals surface area contributed by atoms with E-state index in [0.717, 1.165) is 52.4 Å². The molecule has 2 aromatic rings.